The molecule has 0 N–H and O–H groups in total. The summed E-state index contributed by atoms with van der Waals surface area (Å²) in [4.78, 5) is 2.48. The Kier molecular flexibility index (Phi) is 6.00. The highest BCUT2D eigenvalue weighted by Crippen LogP contribution is 2.13. The van der Waals surface area contributed by atoms with Crippen LogP contribution in [0.4, 0.5) is 0 Å². The fraction of sp³-hybridized carbons (Fsp3) is 1.00. The smallest absolute Gasteiger partial charge is 0.0702 e. The largest absolute Gasteiger partial charge is 0.377 e. The summed E-state index contributed by atoms with van der Waals surface area (Å²) in [7, 11) is 0. The van der Waals surface area contributed by atoms with E-state index in [1.165, 1.54) is 25.8 Å². The standard InChI is InChI=1S/C10H20BrNO/c1-2-12(7-4-6-11)9-10-5-3-8-13-10/h10H,2-9H2,1H3. The van der Waals surface area contributed by atoms with E-state index in [1.54, 1.807) is 0 Å². The first-order valence-electron chi connectivity index (χ1n) is 5.26. The second kappa shape index (κ2) is 6.80. The maximum Gasteiger partial charge on any atom is 0.0702 e. The molecule has 1 saturated heterocycles. The molecule has 1 unspecified atom stereocenters. The fourth-order valence-electron chi connectivity index (χ4n) is 1.74. The molecule has 78 valence electrons. The van der Waals surface area contributed by atoms with E-state index in [9.17, 15) is 0 Å². The number of hydrogen-bond donors (Lipinski definition) is 0. The van der Waals surface area contributed by atoms with Crippen LogP contribution in [0, 0.1) is 0 Å². The van der Waals surface area contributed by atoms with Crippen molar-refractivity contribution in [1.82, 2.24) is 4.90 Å². The van der Waals surface area contributed by atoms with E-state index < -0.39 is 0 Å². The molecule has 0 aromatic rings. The van der Waals surface area contributed by atoms with Crippen molar-refractivity contribution in [3.8, 4) is 0 Å². The quantitative estimate of drug-likeness (QED) is 0.670. The predicted octanol–water partition coefficient (Wildman–Crippen LogP) is 2.27. The third-order valence-corrected chi connectivity index (χ3v) is 3.10. The van der Waals surface area contributed by atoms with Crippen molar-refractivity contribution in [3.63, 3.8) is 0 Å². The molecule has 0 aliphatic carbocycles. The Labute approximate surface area is 89.8 Å². The van der Waals surface area contributed by atoms with Gasteiger partial charge in [-0.3, -0.25) is 0 Å². The van der Waals surface area contributed by atoms with Crippen LogP contribution in [0.25, 0.3) is 0 Å². The second-order valence-electron chi connectivity index (χ2n) is 3.57. The van der Waals surface area contributed by atoms with Crippen molar-refractivity contribution in [2.45, 2.75) is 32.3 Å². The van der Waals surface area contributed by atoms with Crippen molar-refractivity contribution >= 4 is 15.9 Å². The van der Waals surface area contributed by atoms with Gasteiger partial charge >= 0.3 is 0 Å². The molecule has 3 heteroatoms. The lowest BCUT2D eigenvalue weighted by Gasteiger charge is -2.23. The Bertz CT molecular complexity index is 126. The maximum atomic E-state index is 5.61. The summed E-state index contributed by atoms with van der Waals surface area (Å²) in [5.41, 5.74) is 0. The third-order valence-electron chi connectivity index (χ3n) is 2.54. The molecule has 2 nitrogen and oxygen atoms in total. The van der Waals surface area contributed by atoms with Gasteiger partial charge in [-0.1, -0.05) is 22.9 Å². The van der Waals surface area contributed by atoms with Crippen LogP contribution in [0.3, 0.4) is 0 Å². The van der Waals surface area contributed by atoms with Gasteiger partial charge in [-0.05, 0) is 32.4 Å². The highest BCUT2D eigenvalue weighted by Gasteiger charge is 2.17. The highest BCUT2D eigenvalue weighted by atomic mass is 79.9. The molecule has 13 heavy (non-hydrogen) atoms. The molecule has 0 bridgehead atoms. The lowest BCUT2D eigenvalue weighted by Crippen LogP contribution is -2.33. The molecule has 1 fully saturated rings. The van der Waals surface area contributed by atoms with Gasteiger partial charge in [0.25, 0.3) is 0 Å². The zero-order chi connectivity index (χ0) is 9.52. The molecular weight excluding hydrogens is 230 g/mol. The zero-order valence-corrected chi connectivity index (χ0v) is 10.1. The highest BCUT2D eigenvalue weighted by molar-refractivity contribution is 9.09. The average molecular weight is 250 g/mol. The summed E-state index contributed by atoms with van der Waals surface area (Å²) in [6.07, 6.45) is 4.25. The van der Waals surface area contributed by atoms with Gasteiger partial charge in [0.1, 0.15) is 0 Å². The number of rotatable bonds is 6. The van der Waals surface area contributed by atoms with Gasteiger partial charge in [0.05, 0.1) is 6.10 Å². The lowest BCUT2D eigenvalue weighted by atomic mass is 10.2. The monoisotopic (exact) mass is 249 g/mol. The number of halogens is 1. The average Bonchev–Trinajstić information content (AvgIpc) is 2.64. The Morgan fingerprint density at radius 1 is 1.54 bits per heavy atom. The Morgan fingerprint density at radius 3 is 2.92 bits per heavy atom. The van der Waals surface area contributed by atoms with Crippen molar-refractivity contribution in [2.75, 3.05) is 31.6 Å². The van der Waals surface area contributed by atoms with E-state index in [4.69, 9.17) is 4.74 Å². The molecule has 1 rings (SSSR count). The van der Waals surface area contributed by atoms with Crippen LogP contribution in [0.5, 0.6) is 0 Å². The summed E-state index contributed by atoms with van der Waals surface area (Å²) in [6, 6.07) is 0. The van der Waals surface area contributed by atoms with Gasteiger partial charge in [0.15, 0.2) is 0 Å². The summed E-state index contributed by atoms with van der Waals surface area (Å²) >= 11 is 3.46. The number of likely N-dealkylation sites (N-methyl/N-ethyl adjacent to an activating group) is 1. The van der Waals surface area contributed by atoms with Gasteiger partial charge in [0.2, 0.25) is 0 Å². The van der Waals surface area contributed by atoms with Crippen LogP contribution >= 0.6 is 15.9 Å². The maximum absolute atomic E-state index is 5.61. The summed E-state index contributed by atoms with van der Waals surface area (Å²) < 4.78 is 5.61. The van der Waals surface area contributed by atoms with Crippen molar-refractivity contribution in [3.05, 3.63) is 0 Å². The number of alkyl halides is 1. The first-order valence-corrected chi connectivity index (χ1v) is 6.39. The van der Waals surface area contributed by atoms with Gasteiger partial charge in [0, 0.05) is 18.5 Å². The summed E-state index contributed by atoms with van der Waals surface area (Å²) in [5.74, 6) is 0. The summed E-state index contributed by atoms with van der Waals surface area (Å²) in [6.45, 7) is 6.67. The van der Waals surface area contributed by atoms with Gasteiger partial charge in [-0.2, -0.15) is 0 Å². The molecule has 0 spiro atoms. The predicted molar refractivity (Wildman–Crippen MR) is 59.5 cm³/mol. The first-order chi connectivity index (χ1) is 6.36. The van der Waals surface area contributed by atoms with Crippen LogP contribution in [-0.4, -0.2) is 42.6 Å². The molecule has 1 atom stereocenters. The number of nitrogens with zero attached hydrogens (tertiary/aromatic N) is 1. The molecule has 1 aliphatic rings. The van der Waals surface area contributed by atoms with Crippen LogP contribution in [0.1, 0.15) is 26.2 Å². The van der Waals surface area contributed by atoms with E-state index in [2.05, 4.69) is 27.8 Å². The van der Waals surface area contributed by atoms with Crippen molar-refractivity contribution in [2.24, 2.45) is 0 Å². The topological polar surface area (TPSA) is 12.5 Å². The van der Waals surface area contributed by atoms with Crippen molar-refractivity contribution < 1.29 is 4.74 Å². The van der Waals surface area contributed by atoms with Gasteiger partial charge in [-0.15, -0.1) is 0 Å². The van der Waals surface area contributed by atoms with E-state index in [1.807, 2.05) is 0 Å². The first kappa shape index (κ1) is 11.5. The van der Waals surface area contributed by atoms with Crippen LogP contribution in [0.15, 0.2) is 0 Å². The van der Waals surface area contributed by atoms with E-state index in [0.29, 0.717) is 6.10 Å². The van der Waals surface area contributed by atoms with Crippen LogP contribution in [0.2, 0.25) is 0 Å². The van der Waals surface area contributed by atoms with E-state index in [-0.39, 0.29) is 0 Å². The van der Waals surface area contributed by atoms with Gasteiger partial charge < -0.3 is 9.64 Å². The molecule has 1 heterocycles. The Morgan fingerprint density at radius 2 is 2.38 bits per heavy atom. The minimum atomic E-state index is 0.510. The summed E-state index contributed by atoms with van der Waals surface area (Å²) in [5, 5.41) is 1.11. The van der Waals surface area contributed by atoms with Crippen LogP contribution < -0.4 is 0 Å². The molecule has 0 amide bonds. The third kappa shape index (κ3) is 4.43. The second-order valence-corrected chi connectivity index (χ2v) is 4.36. The molecule has 0 aromatic heterocycles. The molecular formula is C10H20BrNO. The molecule has 0 radical (unpaired) electrons. The zero-order valence-electron chi connectivity index (χ0n) is 8.47. The minimum Gasteiger partial charge on any atom is -0.377 e. The molecule has 0 aromatic carbocycles. The van der Waals surface area contributed by atoms with E-state index >= 15 is 0 Å². The van der Waals surface area contributed by atoms with Crippen molar-refractivity contribution in [1.29, 1.82) is 0 Å². The van der Waals surface area contributed by atoms with E-state index in [0.717, 1.165) is 25.0 Å². The minimum absolute atomic E-state index is 0.510. The van der Waals surface area contributed by atoms with Gasteiger partial charge in [-0.25, -0.2) is 0 Å². The Hall–Kier alpha value is 0.400. The number of hydrogen-bond acceptors (Lipinski definition) is 2. The number of ether oxygens (including phenoxy) is 1. The fourth-order valence-corrected chi connectivity index (χ4v) is 1.99. The molecule has 1 aliphatic heterocycles. The van der Waals surface area contributed by atoms with Crippen LogP contribution in [-0.2, 0) is 4.74 Å². The molecule has 0 saturated carbocycles. The lowest BCUT2D eigenvalue weighted by molar-refractivity contribution is 0.0750. The normalized spacial score (nSPS) is 22.8. The SMILES string of the molecule is CCN(CCCBr)CC1CCCO1. The Balaban J connectivity index is 2.13.